The molecule has 2 rings (SSSR count). The van der Waals surface area contributed by atoms with Gasteiger partial charge in [-0.1, -0.05) is 6.92 Å². The summed E-state index contributed by atoms with van der Waals surface area (Å²) in [7, 11) is 3.45. The van der Waals surface area contributed by atoms with Gasteiger partial charge in [0.05, 0.1) is 0 Å². The Morgan fingerprint density at radius 3 is 2.88 bits per heavy atom. The molecule has 0 bridgehead atoms. The number of carbonyl (C=O) groups is 1. The predicted molar refractivity (Wildman–Crippen MR) is 62.6 cm³/mol. The first-order valence-corrected chi connectivity index (χ1v) is 5.31. The van der Waals surface area contributed by atoms with Crippen molar-refractivity contribution in [2.45, 2.75) is 13.3 Å². The van der Waals surface area contributed by atoms with Crippen LogP contribution in [0.15, 0.2) is 24.5 Å². The normalized spacial score (nSPS) is 10.7. The number of hydrogen-bond donors (Lipinski definition) is 0. The van der Waals surface area contributed by atoms with Crippen molar-refractivity contribution in [1.29, 1.82) is 0 Å². The summed E-state index contributed by atoms with van der Waals surface area (Å²) in [6.45, 7) is 2.10. The van der Waals surface area contributed by atoms with Crippen LogP contribution in [-0.4, -0.2) is 34.3 Å². The summed E-state index contributed by atoms with van der Waals surface area (Å²) in [5.74, 6) is -0.0678. The van der Waals surface area contributed by atoms with E-state index in [9.17, 15) is 4.79 Å². The number of pyridine rings is 1. The van der Waals surface area contributed by atoms with Gasteiger partial charge < -0.3 is 9.30 Å². The Bertz CT molecular complexity index is 528. The van der Waals surface area contributed by atoms with Crippen LogP contribution in [0.5, 0.6) is 0 Å². The van der Waals surface area contributed by atoms with Crippen LogP contribution in [0.2, 0.25) is 0 Å². The number of aromatic nitrogens is 2. The van der Waals surface area contributed by atoms with Crippen LogP contribution in [0.1, 0.15) is 23.0 Å². The third kappa shape index (κ3) is 1.78. The van der Waals surface area contributed by atoms with E-state index in [-0.39, 0.29) is 5.91 Å². The maximum atomic E-state index is 11.7. The first-order valence-electron chi connectivity index (χ1n) is 5.31. The molecule has 1 amide bonds. The Hall–Kier alpha value is -1.84. The molecule has 0 atom stereocenters. The van der Waals surface area contributed by atoms with E-state index in [1.54, 1.807) is 20.3 Å². The van der Waals surface area contributed by atoms with Gasteiger partial charge in [0.1, 0.15) is 11.3 Å². The molecule has 4 heteroatoms. The number of amides is 1. The first-order chi connectivity index (χ1) is 7.61. The molecule has 0 radical (unpaired) electrons. The zero-order chi connectivity index (χ0) is 11.7. The zero-order valence-electron chi connectivity index (χ0n) is 9.77. The Labute approximate surface area is 94.5 Å². The van der Waals surface area contributed by atoms with Crippen LogP contribution in [0.25, 0.3) is 5.65 Å². The van der Waals surface area contributed by atoms with Crippen LogP contribution in [0, 0.1) is 0 Å². The lowest BCUT2D eigenvalue weighted by Gasteiger charge is -2.06. The fourth-order valence-electron chi connectivity index (χ4n) is 1.58. The van der Waals surface area contributed by atoms with E-state index in [2.05, 4.69) is 11.9 Å². The summed E-state index contributed by atoms with van der Waals surface area (Å²) in [4.78, 5) is 17.6. The highest BCUT2D eigenvalue weighted by atomic mass is 16.2. The molecule has 84 valence electrons. The standard InChI is InChI=1S/C12H15N3O/c1-4-9-5-6-15-8-10(12(16)14(2)3)13-11(15)7-9/h5-8H,4H2,1-3H3. The minimum Gasteiger partial charge on any atom is -0.343 e. The van der Waals surface area contributed by atoms with Gasteiger partial charge in [0.2, 0.25) is 0 Å². The van der Waals surface area contributed by atoms with E-state index in [1.165, 1.54) is 10.5 Å². The average Bonchev–Trinajstić information content (AvgIpc) is 2.69. The molecule has 0 saturated carbocycles. The van der Waals surface area contributed by atoms with Crippen LogP contribution in [-0.2, 0) is 6.42 Å². The monoisotopic (exact) mass is 217 g/mol. The number of imidazole rings is 1. The second-order valence-electron chi connectivity index (χ2n) is 3.98. The molecule has 0 aliphatic rings. The molecule has 0 N–H and O–H groups in total. The number of fused-ring (bicyclic) bond motifs is 1. The lowest BCUT2D eigenvalue weighted by Crippen LogP contribution is -2.21. The van der Waals surface area contributed by atoms with E-state index < -0.39 is 0 Å². The minimum atomic E-state index is -0.0678. The molecule has 0 unspecified atom stereocenters. The summed E-state index contributed by atoms with van der Waals surface area (Å²) < 4.78 is 1.87. The molecule has 2 aromatic heterocycles. The fraction of sp³-hybridized carbons (Fsp3) is 0.333. The van der Waals surface area contributed by atoms with Gasteiger partial charge in [-0.2, -0.15) is 0 Å². The summed E-state index contributed by atoms with van der Waals surface area (Å²) in [6.07, 6.45) is 4.67. The molecule has 2 heterocycles. The molecular weight excluding hydrogens is 202 g/mol. The summed E-state index contributed by atoms with van der Waals surface area (Å²) >= 11 is 0. The predicted octanol–water partition coefficient (Wildman–Crippen LogP) is 1.60. The second-order valence-corrected chi connectivity index (χ2v) is 3.98. The number of rotatable bonds is 2. The van der Waals surface area contributed by atoms with Gasteiger partial charge in [0.15, 0.2) is 0 Å². The van der Waals surface area contributed by atoms with Gasteiger partial charge in [-0.15, -0.1) is 0 Å². The fourth-order valence-corrected chi connectivity index (χ4v) is 1.58. The molecule has 0 fully saturated rings. The second kappa shape index (κ2) is 3.96. The first kappa shape index (κ1) is 10.7. The van der Waals surface area contributed by atoms with Gasteiger partial charge >= 0.3 is 0 Å². The van der Waals surface area contributed by atoms with Gasteiger partial charge in [0.25, 0.3) is 5.91 Å². The number of nitrogens with zero attached hydrogens (tertiary/aromatic N) is 3. The van der Waals surface area contributed by atoms with E-state index in [0.29, 0.717) is 5.69 Å². The van der Waals surface area contributed by atoms with Crippen molar-refractivity contribution < 1.29 is 4.79 Å². The van der Waals surface area contributed by atoms with Crippen molar-refractivity contribution in [3.05, 3.63) is 35.8 Å². The van der Waals surface area contributed by atoms with Crippen LogP contribution < -0.4 is 0 Å². The van der Waals surface area contributed by atoms with Crippen molar-refractivity contribution in [1.82, 2.24) is 14.3 Å². The number of hydrogen-bond acceptors (Lipinski definition) is 2. The average molecular weight is 217 g/mol. The number of carbonyl (C=O) groups excluding carboxylic acids is 1. The largest absolute Gasteiger partial charge is 0.343 e. The van der Waals surface area contributed by atoms with Crippen molar-refractivity contribution in [3.63, 3.8) is 0 Å². The van der Waals surface area contributed by atoms with E-state index in [4.69, 9.17) is 0 Å². The maximum Gasteiger partial charge on any atom is 0.273 e. The molecule has 0 aliphatic carbocycles. The lowest BCUT2D eigenvalue weighted by molar-refractivity contribution is 0.0822. The molecule has 2 aromatic rings. The molecule has 0 aliphatic heterocycles. The van der Waals surface area contributed by atoms with Gasteiger partial charge in [-0.05, 0) is 24.1 Å². The highest BCUT2D eigenvalue weighted by molar-refractivity contribution is 5.92. The topological polar surface area (TPSA) is 37.6 Å². The van der Waals surface area contributed by atoms with E-state index in [0.717, 1.165) is 12.1 Å². The van der Waals surface area contributed by atoms with Crippen LogP contribution >= 0.6 is 0 Å². The quantitative estimate of drug-likeness (QED) is 0.766. The highest BCUT2D eigenvalue weighted by Gasteiger charge is 2.12. The van der Waals surface area contributed by atoms with Crippen molar-refractivity contribution in [3.8, 4) is 0 Å². The molecule has 4 nitrogen and oxygen atoms in total. The SMILES string of the molecule is CCc1ccn2cc(C(=O)N(C)C)nc2c1. The van der Waals surface area contributed by atoms with Crippen LogP contribution in [0.3, 0.4) is 0 Å². The van der Waals surface area contributed by atoms with E-state index in [1.807, 2.05) is 22.7 Å². The number of aryl methyl sites for hydroxylation is 1. The van der Waals surface area contributed by atoms with Crippen molar-refractivity contribution >= 4 is 11.6 Å². The van der Waals surface area contributed by atoms with Gasteiger partial charge in [-0.3, -0.25) is 4.79 Å². The smallest absolute Gasteiger partial charge is 0.273 e. The van der Waals surface area contributed by atoms with Crippen molar-refractivity contribution in [2.24, 2.45) is 0 Å². The Balaban J connectivity index is 2.47. The summed E-state index contributed by atoms with van der Waals surface area (Å²) in [5.41, 5.74) is 2.53. The molecular formula is C12H15N3O. The van der Waals surface area contributed by atoms with E-state index >= 15 is 0 Å². The third-order valence-electron chi connectivity index (χ3n) is 2.56. The Morgan fingerprint density at radius 2 is 2.25 bits per heavy atom. The Kier molecular flexibility index (Phi) is 2.64. The molecule has 0 spiro atoms. The molecule has 16 heavy (non-hydrogen) atoms. The summed E-state index contributed by atoms with van der Waals surface area (Å²) in [6, 6.07) is 4.05. The van der Waals surface area contributed by atoms with Crippen LogP contribution in [0.4, 0.5) is 0 Å². The van der Waals surface area contributed by atoms with Gasteiger partial charge in [-0.25, -0.2) is 4.98 Å². The summed E-state index contributed by atoms with van der Waals surface area (Å²) in [5, 5.41) is 0. The van der Waals surface area contributed by atoms with Gasteiger partial charge in [0, 0.05) is 26.5 Å². The Morgan fingerprint density at radius 1 is 1.50 bits per heavy atom. The zero-order valence-corrected chi connectivity index (χ0v) is 9.77. The lowest BCUT2D eigenvalue weighted by atomic mass is 10.2. The highest BCUT2D eigenvalue weighted by Crippen LogP contribution is 2.09. The third-order valence-corrected chi connectivity index (χ3v) is 2.56. The maximum absolute atomic E-state index is 11.7. The molecule has 0 saturated heterocycles. The molecule has 0 aromatic carbocycles. The van der Waals surface area contributed by atoms with Crippen molar-refractivity contribution in [2.75, 3.05) is 14.1 Å². The minimum absolute atomic E-state index is 0.0678.